The normalized spacial score (nSPS) is 13.8. The molecule has 0 saturated heterocycles. The van der Waals surface area contributed by atoms with Crippen LogP contribution in [0.5, 0.6) is 5.75 Å². The topological polar surface area (TPSA) is 88.1 Å². The van der Waals surface area contributed by atoms with Crippen LogP contribution in [-0.4, -0.2) is 33.7 Å². The summed E-state index contributed by atoms with van der Waals surface area (Å²) in [4.78, 5) is 12.6. The van der Waals surface area contributed by atoms with Crippen molar-refractivity contribution in [1.29, 1.82) is 0 Å². The maximum atomic E-state index is 13.4. The lowest BCUT2D eigenvalue weighted by Crippen LogP contribution is -2.39. The summed E-state index contributed by atoms with van der Waals surface area (Å²) in [6.07, 6.45) is 3.84. The van der Waals surface area contributed by atoms with E-state index in [9.17, 15) is 13.2 Å². The number of methoxy groups -OCH3 is 1. The summed E-state index contributed by atoms with van der Waals surface area (Å²) in [6, 6.07) is 11.5. The molecule has 1 N–H and O–H groups in total. The highest BCUT2D eigenvalue weighted by Crippen LogP contribution is 2.30. The lowest BCUT2D eigenvalue weighted by atomic mass is 10.2. The molecule has 1 fully saturated rings. The molecule has 3 rings (SSSR count). The summed E-state index contributed by atoms with van der Waals surface area (Å²) in [5.74, 6) is 0.0205. The van der Waals surface area contributed by atoms with Gasteiger partial charge < -0.3 is 4.74 Å². The van der Waals surface area contributed by atoms with Crippen LogP contribution in [0, 0.1) is 6.92 Å². The molecule has 160 valence electrons. The number of hydrazone groups is 1. The summed E-state index contributed by atoms with van der Waals surface area (Å²) >= 11 is 3.32. The third-order valence-corrected chi connectivity index (χ3v) is 7.23. The number of hydrogen-bond acceptors (Lipinski definition) is 5. The Labute approximate surface area is 185 Å². The van der Waals surface area contributed by atoms with Gasteiger partial charge in [0.05, 0.1) is 22.2 Å². The lowest BCUT2D eigenvalue weighted by Gasteiger charge is -2.24. The van der Waals surface area contributed by atoms with Crippen LogP contribution < -0.4 is 14.5 Å². The minimum atomic E-state index is -4.01. The minimum Gasteiger partial charge on any atom is -0.496 e. The molecule has 0 heterocycles. The Balaban J connectivity index is 1.92. The van der Waals surface area contributed by atoms with Gasteiger partial charge in [-0.15, -0.1) is 0 Å². The van der Waals surface area contributed by atoms with E-state index in [1.807, 2.05) is 6.92 Å². The van der Waals surface area contributed by atoms with Crippen molar-refractivity contribution in [2.75, 3.05) is 18.0 Å². The monoisotopic (exact) mass is 493 g/mol. The zero-order valence-electron chi connectivity index (χ0n) is 16.9. The molecule has 0 bridgehead atoms. The van der Waals surface area contributed by atoms with Crippen molar-refractivity contribution in [3.63, 3.8) is 0 Å². The van der Waals surface area contributed by atoms with Crippen molar-refractivity contribution in [3.8, 4) is 5.75 Å². The number of sulfonamides is 1. The number of halogens is 1. The van der Waals surface area contributed by atoms with Crippen LogP contribution in [-0.2, 0) is 14.8 Å². The van der Waals surface area contributed by atoms with Crippen molar-refractivity contribution in [3.05, 3.63) is 52.5 Å². The van der Waals surface area contributed by atoms with Gasteiger partial charge in [-0.1, -0.05) is 17.7 Å². The smallest absolute Gasteiger partial charge is 0.264 e. The molecule has 0 radical (unpaired) electrons. The summed E-state index contributed by atoms with van der Waals surface area (Å²) in [6.45, 7) is 1.53. The number of rotatable bonds is 7. The number of anilines is 1. The zero-order chi connectivity index (χ0) is 21.7. The van der Waals surface area contributed by atoms with Gasteiger partial charge in [0, 0.05) is 5.71 Å². The van der Waals surface area contributed by atoms with Gasteiger partial charge in [0.15, 0.2) is 0 Å². The first-order valence-electron chi connectivity index (χ1n) is 9.58. The van der Waals surface area contributed by atoms with E-state index in [4.69, 9.17) is 4.74 Å². The van der Waals surface area contributed by atoms with E-state index < -0.39 is 15.9 Å². The second kappa shape index (κ2) is 9.61. The van der Waals surface area contributed by atoms with Gasteiger partial charge in [-0.3, -0.25) is 9.10 Å². The van der Waals surface area contributed by atoms with E-state index in [-0.39, 0.29) is 11.4 Å². The minimum absolute atomic E-state index is 0.0469. The average Bonchev–Trinajstić information content (AvgIpc) is 3.25. The number of carbonyl (C=O) groups is 1. The van der Waals surface area contributed by atoms with Gasteiger partial charge >= 0.3 is 0 Å². The molecule has 0 aliphatic heterocycles. The van der Waals surface area contributed by atoms with E-state index >= 15 is 0 Å². The maximum Gasteiger partial charge on any atom is 0.264 e. The third-order valence-electron chi connectivity index (χ3n) is 4.84. The summed E-state index contributed by atoms with van der Waals surface area (Å²) in [7, 11) is -2.51. The predicted octanol–water partition coefficient (Wildman–Crippen LogP) is 4.01. The molecule has 9 heteroatoms. The number of hydrogen-bond donors (Lipinski definition) is 1. The molecule has 1 amide bonds. The highest BCUT2D eigenvalue weighted by molar-refractivity contribution is 9.10. The molecule has 1 aliphatic rings. The quantitative estimate of drug-likeness (QED) is 0.590. The number of ether oxygens (including phenoxy) is 1. The fourth-order valence-corrected chi connectivity index (χ4v) is 5.30. The largest absolute Gasteiger partial charge is 0.496 e. The van der Waals surface area contributed by atoms with E-state index in [2.05, 4.69) is 26.5 Å². The van der Waals surface area contributed by atoms with Crippen LogP contribution in [0.3, 0.4) is 0 Å². The number of carbonyl (C=O) groups excluding carboxylic acids is 1. The summed E-state index contributed by atoms with van der Waals surface area (Å²) in [5.41, 5.74) is 4.83. The fraction of sp³-hybridized carbons (Fsp3) is 0.333. The highest BCUT2D eigenvalue weighted by Gasteiger charge is 2.28. The first-order valence-corrected chi connectivity index (χ1v) is 11.8. The number of nitrogens with zero attached hydrogens (tertiary/aromatic N) is 2. The fourth-order valence-electron chi connectivity index (χ4n) is 3.16. The van der Waals surface area contributed by atoms with Crippen LogP contribution in [0.15, 0.2) is 56.9 Å². The van der Waals surface area contributed by atoms with Gasteiger partial charge in [0.1, 0.15) is 12.3 Å². The average molecular weight is 494 g/mol. The van der Waals surface area contributed by atoms with Crippen LogP contribution in [0.25, 0.3) is 0 Å². The number of aryl methyl sites for hydroxylation is 1. The summed E-state index contributed by atoms with van der Waals surface area (Å²) < 4.78 is 33.6. The Morgan fingerprint density at radius 3 is 2.43 bits per heavy atom. The van der Waals surface area contributed by atoms with Gasteiger partial charge in [-0.05, 0) is 78.9 Å². The Hall–Kier alpha value is -2.39. The molecule has 7 nitrogen and oxygen atoms in total. The molecule has 2 aromatic carbocycles. The molecule has 0 aromatic heterocycles. The maximum absolute atomic E-state index is 13.4. The summed E-state index contributed by atoms with van der Waals surface area (Å²) in [5, 5.41) is 4.15. The number of benzene rings is 2. The third kappa shape index (κ3) is 5.20. The standard InChI is InChI=1S/C21H24BrN3O4S/c1-15-7-9-17(10-8-15)25(14-21(26)24-23-16-5-3-4-6-16)30(27,28)18-11-12-20(29-2)19(22)13-18/h7-13H,3-6,14H2,1-2H3,(H,24,26). The van der Waals surface area contributed by atoms with Gasteiger partial charge in [0.2, 0.25) is 0 Å². The number of nitrogens with one attached hydrogen (secondary N) is 1. The van der Waals surface area contributed by atoms with Crippen molar-refractivity contribution in [2.45, 2.75) is 37.5 Å². The molecule has 30 heavy (non-hydrogen) atoms. The first-order chi connectivity index (χ1) is 14.3. The van der Waals surface area contributed by atoms with Gasteiger partial charge in [-0.2, -0.15) is 5.10 Å². The van der Waals surface area contributed by atoms with E-state index in [1.54, 1.807) is 30.3 Å². The molecule has 1 aliphatic carbocycles. The van der Waals surface area contributed by atoms with Crippen molar-refractivity contribution in [1.82, 2.24) is 5.43 Å². The Morgan fingerprint density at radius 1 is 1.17 bits per heavy atom. The van der Waals surface area contributed by atoms with Gasteiger partial charge in [-0.25, -0.2) is 13.8 Å². The molecule has 2 aromatic rings. The molecule has 1 saturated carbocycles. The molecule has 0 spiro atoms. The Morgan fingerprint density at radius 2 is 1.83 bits per heavy atom. The number of amides is 1. The van der Waals surface area contributed by atoms with E-state index in [0.717, 1.165) is 41.3 Å². The van der Waals surface area contributed by atoms with Crippen molar-refractivity contribution < 1.29 is 17.9 Å². The second-order valence-electron chi connectivity index (χ2n) is 7.06. The van der Waals surface area contributed by atoms with Crippen LogP contribution in [0.2, 0.25) is 0 Å². The predicted molar refractivity (Wildman–Crippen MR) is 120 cm³/mol. The second-order valence-corrected chi connectivity index (χ2v) is 9.78. The Bertz CT molecular complexity index is 1040. The van der Waals surface area contributed by atoms with Crippen LogP contribution in [0.4, 0.5) is 5.69 Å². The van der Waals surface area contributed by atoms with E-state index in [1.165, 1.54) is 19.2 Å². The van der Waals surface area contributed by atoms with E-state index in [0.29, 0.717) is 15.9 Å². The van der Waals surface area contributed by atoms with Crippen molar-refractivity contribution >= 4 is 43.3 Å². The van der Waals surface area contributed by atoms with Gasteiger partial charge in [0.25, 0.3) is 15.9 Å². The first kappa shape index (κ1) is 22.3. The Kier molecular flexibility index (Phi) is 7.14. The van der Waals surface area contributed by atoms with Crippen LogP contribution in [0.1, 0.15) is 31.2 Å². The van der Waals surface area contributed by atoms with Crippen molar-refractivity contribution in [2.24, 2.45) is 5.10 Å². The molecular weight excluding hydrogens is 470 g/mol. The molecule has 0 atom stereocenters. The zero-order valence-corrected chi connectivity index (χ0v) is 19.3. The SMILES string of the molecule is COc1ccc(S(=O)(=O)N(CC(=O)NN=C2CCCC2)c2ccc(C)cc2)cc1Br. The molecular formula is C21H24BrN3O4S. The highest BCUT2D eigenvalue weighted by atomic mass is 79.9. The lowest BCUT2D eigenvalue weighted by molar-refractivity contribution is -0.119. The molecule has 0 unspecified atom stereocenters. The van der Waals surface area contributed by atoms with Crippen LogP contribution >= 0.6 is 15.9 Å².